The molecule has 1 N–H and O–H groups in total. The minimum Gasteiger partial charge on any atom is -0.356 e. The highest BCUT2D eigenvalue weighted by Crippen LogP contribution is 2.25. The SMILES string of the molecule is CCCCCNC(=NC)N1CCN(C(C)C(F)(F)F)CC1.I. The van der Waals surface area contributed by atoms with Gasteiger partial charge in [-0.25, -0.2) is 0 Å². The molecule has 0 aromatic carbocycles. The molecule has 0 amide bonds. The molecule has 1 fully saturated rings. The zero-order chi connectivity index (χ0) is 15.9. The van der Waals surface area contributed by atoms with Crippen molar-refractivity contribution in [2.24, 2.45) is 4.99 Å². The third-order valence-electron chi connectivity index (χ3n) is 3.91. The van der Waals surface area contributed by atoms with Crippen LogP contribution in [-0.2, 0) is 0 Å². The maximum Gasteiger partial charge on any atom is 0.403 e. The molecule has 1 rings (SSSR count). The first kappa shape index (κ1) is 21.8. The normalized spacial score (nSPS) is 18.8. The number of alkyl halides is 3. The molecule has 0 aliphatic carbocycles. The van der Waals surface area contributed by atoms with Crippen LogP contribution >= 0.6 is 24.0 Å². The Labute approximate surface area is 148 Å². The summed E-state index contributed by atoms with van der Waals surface area (Å²) in [4.78, 5) is 7.74. The number of hydrogen-bond acceptors (Lipinski definition) is 2. The predicted molar refractivity (Wildman–Crippen MR) is 95.0 cm³/mol. The molecule has 0 radical (unpaired) electrons. The highest BCUT2D eigenvalue weighted by atomic mass is 127. The third-order valence-corrected chi connectivity index (χ3v) is 3.91. The molecule has 1 heterocycles. The van der Waals surface area contributed by atoms with E-state index in [0.29, 0.717) is 26.2 Å². The monoisotopic (exact) mass is 436 g/mol. The van der Waals surface area contributed by atoms with E-state index in [1.165, 1.54) is 18.2 Å². The van der Waals surface area contributed by atoms with Gasteiger partial charge < -0.3 is 10.2 Å². The van der Waals surface area contributed by atoms with E-state index in [1.807, 2.05) is 4.90 Å². The average Bonchev–Trinajstić information content (AvgIpc) is 2.46. The standard InChI is InChI=1S/C14H27F3N4.HI/c1-4-5-6-7-19-13(18-3)21-10-8-20(9-11-21)12(2)14(15,16)17;/h12H,4-11H2,1-3H3,(H,18,19);1H. The summed E-state index contributed by atoms with van der Waals surface area (Å²) in [6, 6.07) is -1.38. The maximum atomic E-state index is 12.7. The molecule has 132 valence electrons. The summed E-state index contributed by atoms with van der Waals surface area (Å²) in [5, 5.41) is 3.28. The third kappa shape index (κ3) is 6.89. The molecule has 0 saturated carbocycles. The highest BCUT2D eigenvalue weighted by molar-refractivity contribution is 14.0. The molecular formula is C14H28F3IN4. The van der Waals surface area contributed by atoms with Gasteiger partial charge in [-0.1, -0.05) is 19.8 Å². The van der Waals surface area contributed by atoms with Gasteiger partial charge in [0.05, 0.1) is 0 Å². The summed E-state index contributed by atoms with van der Waals surface area (Å²) in [5.41, 5.74) is 0. The summed E-state index contributed by atoms with van der Waals surface area (Å²) in [6.45, 7) is 6.22. The minimum atomic E-state index is -4.15. The number of nitrogens with zero attached hydrogens (tertiary/aromatic N) is 3. The number of unbranched alkanes of at least 4 members (excludes halogenated alkanes) is 2. The lowest BCUT2D eigenvalue weighted by Crippen LogP contribution is -2.56. The van der Waals surface area contributed by atoms with Gasteiger partial charge >= 0.3 is 6.18 Å². The molecule has 1 saturated heterocycles. The van der Waals surface area contributed by atoms with Gasteiger partial charge in [0.15, 0.2) is 5.96 Å². The van der Waals surface area contributed by atoms with E-state index in [4.69, 9.17) is 0 Å². The lowest BCUT2D eigenvalue weighted by atomic mass is 10.2. The lowest BCUT2D eigenvalue weighted by molar-refractivity contribution is -0.181. The fourth-order valence-electron chi connectivity index (χ4n) is 2.44. The molecule has 1 aliphatic rings. The maximum absolute atomic E-state index is 12.7. The summed E-state index contributed by atoms with van der Waals surface area (Å²) < 4.78 is 38.1. The van der Waals surface area contributed by atoms with E-state index in [0.717, 1.165) is 25.3 Å². The first-order valence-electron chi connectivity index (χ1n) is 7.66. The van der Waals surface area contributed by atoms with Crippen molar-refractivity contribution in [3.63, 3.8) is 0 Å². The van der Waals surface area contributed by atoms with E-state index in [1.54, 1.807) is 7.05 Å². The summed E-state index contributed by atoms with van der Waals surface area (Å²) in [7, 11) is 1.72. The predicted octanol–water partition coefficient (Wildman–Crippen LogP) is 2.94. The number of hydrogen-bond donors (Lipinski definition) is 1. The van der Waals surface area contributed by atoms with Gasteiger partial charge in [-0.15, -0.1) is 24.0 Å². The Morgan fingerprint density at radius 2 is 1.77 bits per heavy atom. The first-order valence-corrected chi connectivity index (χ1v) is 7.66. The van der Waals surface area contributed by atoms with Crippen molar-refractivity contribution < 1.29 is 13.2 Å². The Morgan fingerprint density at radius 1 is 1.18 bits per heavy atom. The zero-order valence-electron chi connectivity index (χ0n) is 13.6. The summed E-state index contributed by atoms with van der Waals surface area (Å²) in [6.07, 6.45) is -0.738. The molecule has 0 aromatic rings. The van der Waals surface area contributed by atoms with Gasteiger partial charge in [0.25, 0.3) is 0 Å². The molecule has 1 unspecified atom stereocenters. The Morgan fingerprint density at radius 3 is 2.23 bits per heavy atom. The van der Waals surface area contributed by atoms with Crippen LogP contribution in [0.3, 0.4) is 0 Å². The number of piperazine rings is 1. The van der Waals surface area contributed by atoms with Crippen molar-refractivity contribution in [2.45, 2.75) is 45.3 Å². The smallest absolute Gasteiger partial charge is 0.356 e. The fourth-order valence-corrected chi connectivity index (χ4v) is 2.44. The Balaban J connectivity index is 0.00000441. The summed E-state index contributed by atoms with van der Waals surface area (Å²) in [5.74, 6) is 0.797. The number of rotatable bonds is 5. The number of nitrogens with one attached hydrogen (secondary N) is 1. The molecular weight excluding hydrogens is 408 g/mol. The number of aliphatic imine (C=N–C) groups is 1. The van der Waals surface area contributed by atoms with Crippen LogP contribution in [0.4, 0.5) is 13.2 Å². The number of halogens is 4. The zero-order valence-corrected chi connectivity index (χ0v) is 15.9. The van der Waals surface area contributed by atoms with Crippen molar-refractivity contribution in [3.05, 3.63) is 0 Å². The van der Waals surface area contributed by atoms with Gasteiger partial charge in [-0.2, -0.15) is 13.2 Å². The molecule has 0 bridgehead atoms. The van der Waals surface area contributed by atoms with Gasteiger partial charge in [0, 0.05) is 39.8 Å². The van der Waals surface area contributed by atoms with Crippen LogP contribution in [0.25, 0.3) is 0 Å². The van der Waals surface area contributed by atoms with Gasteiger partial charge in [-0.3, -0.25) is 9.89 Å². The average molecular weight is 436 g/mol. The highest BCUT2D eigenvalue weighted by Gasteiger charge is 2.40. The Bertz CT molecular complexity index is 329. The van der Waals surface area contributed by atoms with Crippen molar-refractivity contribution >= 4 is 29.9 Å². The van der Waals surface area contributed by atoms with Crippen LogP contribution < -0.4 is 5.32 Å². The Kier molecular flexibility index (Phi) is 10.4. The van der Waals surface area contributed by atoms with Crippen LogP contribution in [0.5, 0.6) is 0 Å². The van der Waals surface area contributed by atoms with Crippen molar-refractivity contribution in [2.75, 3.05) is 39.8 Å². The van der Waals surface area contributed by atoms with Crippen LogP contribution in [0.15, 0.2) is 4.99 Å². The molecule has 0 spiro atoms. The molecule has 1 aliphatic heterocycles. The second kappa shape index (κ2) is 10.5. The van der Waals surface area contributed by atoms with E-state index >= 15 is 0 Å². The van der Waals surface area contributed by atoms with Crippen LogP contribution in [0, 0.1) is 0 Å². The van der Waals surface area contributed by atoms with Gasteiger partial charge in [-0.05, 0) is 13.3 Å². The first-order chi connectivity index (χ1) is 9.90. The number of guanidine groups is 1. The van der Waals surface area contributed by atoms with Crippen LogP contribution in [0.2, 0.25) is 0 Å². The van der Waals surface area contributed by atoms with Crippen molar-refractivity contribution in [1.82, 2.24) is 15.1 Å². The van der Waals surface area contributed by atoms with E-state index < -0.39 is 12.2 Å². The molecule has 8 heteroatoms. The van der Waals surface area contributed by atoms with Crippen LogP contribution in [0.1, 0.15) is 33.1 Å². The molecule has 4 nitrogen and oxygen atoms in total. The van der Waals surface area contributed by atoms with E-state index in [2.05, 4.69) is 17.2 Å². The summed E-state index contributed by atoms with van der Waals surface area (Å²) >= 11 is 0. The second-order valence-corrected chi connectivity index (χ2v) is 5.42. The van der Waals surface area contributed by atoms with Gasteiger partial charge in [0.1, 0.15) is 6.04 Å². The fraction of sp³-hybridized carbons (Fsp3) is 0.929. The van der Waals surface area contributed by atoms with E-state index in [-0.39, 0.29) is 24.0 Å². The Hall–Kier alpha value is -0.250. The molecule has 0 aromatic heterocycles. The van der Waals surface area contributed by atoms with Crippen LogP contribution in [-0.4, -0.2) is 67.7 Å². The minimum absolute atomic E-state index is 0. The van der Waals surface area contributed by atoms with E-state index in [9.17, 15) is 13.2 Å². The quantitative estimate of drug-likeness (QED) is 0.311. The molecule has 22 heavy (non-hydrogen) atoms. The van der Waals surface area contributed by atoms with Gasteiger partial charge in [0.2, 0.25) is 0 Å². The van der Waals surface area contributed by atoms with Crippen molar-refractivity contribution in [1.29, 1.82) is 0 Å². The molecule has 1 atom stereocenters. The largest absolute Gasteiger partial charge is 0.403 e. The topological polar surface area (TPSA) is 30.9 Å². The second-order valence-electron chi connectivity index (χ2n) is 5.42. The lowest BCUT2D eigenvalue weighted by Gasteiger charge is -2.39. The van der Waals surface area contributed by atoms with Crippen molar-refractivity contribution in [3.8, 4) is 0 Å².